The second-order valence-electron chi connectivity index (χ2n) is 7.70. The molecule has 2 aromatic rings. The average molecular weight is 394 g/mol. The quantitative estimate of drug-likeness (QED) is 0.768. The summed E-state index contributed by atoms with van der Waals surface area (Å²) < 4.78 is 12.0. The number of ether oxygens (including phenoxy) is 2. The number of hydrogen-bond acceptors (Lipinski definition) is 6. The van der Waals surface area contributed by atoms with Gasteiger partial charge in [-0.05, 0) is 24.1 Å². The molecule has 150 valence electrons. The Bertz CT molecular complexity index is 950. The number of nitrogens with one attached hydrogen (secondary N) is 1. The van der Waals surface area contributed by atoms with Crippen molar-refractivity contribution in [3.63, 3.8) is 0 Å². The fourth-order valence-corrected chi connectivity index (χ4v) is 4.39. The largest absolute Gasteiger partial charge is 0.489 e. The topological polar surface area (TPSA) is 88.1 Å². The van der Waals surface area contributed by atoms with E-state index in [1.165, 1.54) is 5.56 Å². The van der Waals surface area contributed by atoms with Gasteiger partial charge in [0.15, 0.2) is 0 Å². The third kappa shape index (κ3) is 3.26. The first kappa shape index (κ1) is 18.1. The molecule has 3 atom stereocenters. The normalized spacial score (nSPS) is 25.9. The van der Waals surface area contributed by atoms with Gasteiger partial charge >= 0.3 is 0 Å². The van der Waals surface area contributed by atoms with Crippen LogP contribution in [0, 0.1) is 0 Å². The number of amides is 2. The number of hydrogen-bond donors (Lipinski definition) is 2. The Morgan fingerprint density at radius 2 is 2.03 bits per heavy atom. The number of carbonyl (C=O) groups is 2. The van der Waals surface area contributed by atoms with E-state index < -0.39 is 12.3 Å². The number of para-hydroxylation sites is 1. The average Bonchev–Trinajstić information content (AvgIpc) is 3.28. The van der Waals surface area contributed by atoms with E-state index in [0.717, 1.165) is 23.3 Å². The van der Waals surface area contributed by atoms with E-state index >= 15 is 0 Å². The summed E-state index contributed by atoms with van der Waals surface area (Å²) in [6.07, 6.45) is 0.528. The van der Waals surface area contributed by atoms with Crippen LogP contribution in [0.3, 0.4) is 0 Å². The summed E-state index contributed by atoms with van der Waals surface area (Å²) in [6.45, 7) is 0.796. The van der Waals surface area contributed by atoms with Gasteiger partial charge in [0, 0.05) is 30.5 Å². The molecule has 0 aromatic heterocycles. The summed E-state index contributed by atoms with van der Waals surface area (Å²) in [6, 6.07) is 13.0. The zero-order chi connectivity index (χ0) is 20.0. The molecular weight excluding hydrogens is 372 g/mol. The number of benzene rings is 2. The van der Waals surface area contributed by atoms with Gasteiger partial charge in [-0.15, -0.1) is 0 Å². The van der Waals surface area contributed by atoms with E-state index in [-0.39, 0.29) is 24.3 Å². The molecule has 0 aliphatic carbocycles. The molecular formula is C22H22N2O5. The van der Waals surface area contributed by atoms with Crippen LogP contribution < -0.4 is 14.8 Å². The van der Waals surface area contributed by atoms with Gasteiger partial charge in [0.05, 0.1) is 6.04 Å². The standard InChI is InChI=1S/C22H22N2O5/c25-20-9-8-17(21(26)23-20)24-11-16-15(22(24)27)5-3-7-19(16)28-12-14-10-13-4-1-2-6-18(13)29-14/h1-7,14,17,22,27H,8-12H2,(H,23,25,26). The molecule has 3 aliphatic rings. The Labute approximate surface area is 168 Å². The molecule has 0 spiro atoms. The van der Waals surface area contributed by atoms with Gasteiger partial charge in [-0.2, -0.15) is 0 Å². The predicted octanol–water partition coefficient (Wildman–Crippen LogP) is 1.68. The molecule has 1 fully saturated rings. The maximum Gasteiger partial charge on any atom is 0.244 e. The van der Waals surface area contributed by atoms with Gasteiger partial charge in [0.2, 0.25) is 11.8 Å². The first-order chi connectivity index (χ1) is 14.1. The Hall–Kier alpha value is -2.90. The van der Waals surface area contributed by atoms with E-state index in [2.05, 4.69) is 11.4 Å². The van der Waals surface area contributed by atoms with Crippen LogP contribution in [0.4, 0.5) is 0 Å². The van der Waals surface area contributed by atoms with Gasteiger partial charge < -0.3 is 14.6 Å². The van der Waals surface area contributed by atoms with E-state index in [1.54, 1.807) is 4.90 Å². The van der Waals surface area contributed by atoms with Gasteiger partial charge in [-0.1, -0.05) is 30.3 Å². The van der Waals surface area contributed by atoms with Crippen molar-refractivity contribution in [3.8, 4) is 11.5 Å². The van der Waals surface area contributed by atoms with Crippen molar-refractivity contribution in [2.24, 2.45) is 0 Å². The number of rotatable bonds is 4. The predicted molar refractivity (Wildman–Crippen MR) is 103 cm³/mol. The zero-order valence-electron chi connectivity index (χ0n) is 15.8. The summed E-state index contributed by atoms with van der Waals surface area (Å²) >= 11 is 0. The van der Waals surface area contributed by atoms with Gasteiger partial charge in [0.1, 0.15) is 30.4 Å². The fraction of sp³-hybridized carbons (Fsp3) is 0.364. The molecule has 7 nitrogen and oxygen atoms in total. The molecule has 7 heteroatoms. The zero-order valence-corrected chi connectivity index (χ0v) is 15.8. The molecule has 2 aromatic carbocycles. The SMILES string of the molecule is O=C1CCC(N2Cc3c(OCC4Cc5ccccc5O4)cccc3C2O)C(=O)N1. The lowest BCUT2D eigenvalue weighted by Gasteiger charge is -2.31. The molecule has 3 unspecified atom stereocenters. The van der Waals surface area contributed by atoms with Crippen LogP contribution in [0.25, 0.3) is 0 Å². The number of imide groups is 1. The van der Waals surface area contributed by atoms with Crippen LogP contribution in [0.15, 0.2) is 42.5 Å². The molecule has 2 amide bonds. The second-order valence-corrected chi connectivity index (χ2v) is 7.70. The Kier molecular flexibility index (Phi) is 4.49. The molecule has 29 heavy (non-hydrogen) atoms. The maximum atomic E-state index is 12.2. The Morgan fingerprint density at radius 3 is 2.86 bits per heavy atom. The van der Waals surface area contributed by atoms with Gasteiger partial charge in [-0.25, -0.2) is 0 Å². The molecule has 3 aliphatic heterocycles. The van der Waals surface area contributed by atoms with Crippen molar-refractivity contribution >= 4 is 11.8 Å². The van der Waals surface area contributed by atoms with Gasteiger partial charge in [-0.3, -0.25) is 19.8 Å². The van der Waals surface area contributed by atoms with Crippen LogP contribution in [0.2, 0.25) is 0 Å². The lowest BCUT2D eigenvalue weighted by Crippen LogP contribution is -2.51. The van der Waals surface area contributed by atoms with Crippen molar-refractivity contribution in [1.82, 2.24) is 10.2 Å². The van der Waals surface area contributed by atoms with E-state index in [0.29, 0.717) is 25.3 Å². The molecule has 0 bridgehead atoms. The summed E-state index contributed by atoms with van der Waals surface area (Å²) in [7, 11) is 0. The second kappa shape index (κ2) is 7.17. The van der Waals surface area contributed by atoms with Crippen LogP contribution in [-0.4, -0.2) is 40.6 Å². The highest BCUT2D eigenvalue weighted by molar-refractivity contribution is 6.00. The van der Waals surface area contributed by atoms with E-state index in [9.17, 15) is 14.7 Å². The van der Waals surface area contributed by atoms with Crippen LogP contribution in [-0.2, 0) is 22.6 Å². The van der Waals surface area contributed by atoms with Crippen LogP contribution in [0.1, 0.15) is 35.8 Å². The highest BCUT2D eigenvalue weighted by atomic mass is 16.5. The third-order valence-electron chi connectivity index (χ3n) is 5.85. The Morgan fingerprint density at radius 1 is 1.17 bits per heavy atom. The summed E-state index contributed by atoms with van der Waals surface area (Å²) in [5.41, 5.74) is 2.79. The lowest BCUT2D eigenvalue weighted by atomic mass is 10.0. The van der Waals surface area contributed by atoms with Crippen molar-refractivity contribution in [3.05, 3.63) is 59.2 Å². The van der Waals surface area contributed by atoms with Crippen molar-refractivity contribution in [2.75, 3.05) is 6.61 Å². The number of fused-ring (bicyclic) bond motifs is 2. The summed E-state index contributed by atoms with van der Waals surface area (Å²) in [4.78, 5) is 25.4. The summed E-state index contributed by atoms with van der Waals surface area (Å²) in [5.74, 6) is 0.974. The number of piperidine rings is 1. The maximum absolute atomic E-state index is 12.2. The minimum Gasteiger partial charge on any atom is -0.489 e. The third-order valence-corrected chi connectivity index (χ3v) is 5.85. The van der Waals surface area contributed by atoms with Gasteiger partial charge in [0.25, 0.3) is 0 Å². The molecule has 0 saturated carbocycles. The molecule has 2 N–H and O–H groups in total. The first-order valence-corrected chi connectivity index (χ1v) is 9.87. The monoisotopic (exact) mass is 394 g/mol. The summed E-state index contributed by atoms with van der Waals surface area (Å²) in [5, 5.41) is 13.1. The minimum atomic E-state index is -0.899. The lowest BCUT2D eigenvalue weighted by molar-refractivity contribution is -0.141. The highest BCUT2D eigenvalue weighted by Gasteiger charge is 2.40. The Balaban J connectivity index is 1.29. The van der Waals surface area contributed by atoms with Crippen molar-refractivity contribution < 1.29 is 24.2 Å². The van der Waals surface area contributed by atoms with E-state index in [1.807, 2.05) is 36.4 Å². The number of carbonyl (C=O) groups excluding carboxylic acids is 2. The molecule has 0 radical (unpaired) electrons. The van der Waals surface area contributed by atoms with Crippen molar-refractivity contribution in [1.29, 1.82) is 0 Å². The smallest absolute Gasteiger partial charge is 0.244 e. The number of nitrogens with zero attached hydrogens (tertiary/aromatic N) is 1. The molecule has 1 saturated heterocycles. The number of aliphatic hydroxyl groups excluding tert-OH is 1. The van der Waals surface area contributed by atoms with Crippen LogP contribution in [0.5, 0.6) is 11.5 Å². The van der Waals surface area contributed by atoms with Crippen LogP contribution >= 0.6 is 0 Å². The molecule has 3 heterocycles. The highest BCUT2D eigenvalue weighted by Crippen LogP contribution is 2.40. The fourth-order valence-electron chi connectivity index (χ4n) is 4.39. The van der Waals surface area contributed by atoms with Crippen molar-refractivity contribution in [2.45, 2.75) is 44.2 Å². The minimum absolute atomic E-state index is 0.0548. The first-order valence-electron chi connectivity index (χ1n) is 9.87. The number of aliphatic hydroxyl groups is 1. The molecule has 5 rings (SSSR count). The van der Waals surface area contributed by atoms with E-state index in [4.69, 9.17) is 9.47 Å².